The molecule has 39 heavy (non-hydrogen) atoms. The highest BCUT2D eigenvalue weighted by molar-refractivity contribution is 5.98. The van der Waals surface area contributed by atoms with Crippen LogP contribution in [0.3, 0.4) is 0 Å². The number of ketones is 1. The van der Waals surface area contributed by atoms with Crippen LogP contribution in [-0.4, -0.2) is 45.8 Å². The zero-order valence-electron chi connectivity index (χ0n) is 22.3. The lowest BCUT2D eigenvalue weighted by Crippen LogP contribution is -2.13. The van der Waals surface area contributed by atoms with Crippen molar-refractivity contribution >= 4 is 11.8 Å². The zero-order valence-corrected chi connectivity index (χ0v) is 22.3. The number of phenolic OH excluding ortho intramolecular Hbond substituents is 2. The maximum absolute atomic E-state index is 12.6. The highest BCUT2D eigenvalue weighted by Gasteiger charge is 2.36. The monoisotopic (exact) mass is 533 g/mol. The third-order valence-electron chi connectivity index (χ3n) is 6.74. The van der Waals surface area contributed by atoms with Crippen LogP contribution in [0.5, 0.6) is 23.0 Å². The number of carbonyl (C=O) groups excluding carboxylic acids is 2. The van der Waals surface area contributed by atoms with Crippen molar-refractivity contribution in [2.45, 2.75) is 45.8 Å². The number of aryl methyl sites for hydroxylation is 1. The molecular weight excluding hydrogens is 502 g/mol. The Balaban J connectivity index is 1.89. The molecule has 1 aliphatic rings. The van der Waals surface area contributed by atoms with Crippen LogP contribution in [0.25, 0.3) is 0 Å². The van der Waals surface area contributed by atoms with Gasteiger partial charge in [0.25, 0.3) is 0 Å². The lowest BCUT2D eigenvalue weighted by molar-refractivity contribution is -0.140. The predicted octanol–water partition coefficient (Wildman–Crippen LogP) is 4.98. The minimum Gasteiger partial charge on any atom is -0.507 e. The number of esters is 1. The minimum atomic E-state index is -0.934. The van der Waals surface area contributed by atoms with Crippen molar-refractivity contribution in [3.05, 3.63) is 87.8 Å². The summed E-state index contributed by atoms with van der Waals surface area (Å²) in [6.07, 6.45) is 0.420. The number of aromatic hydroxyl groups is 3. The summed E-state index contributed by atoms with van der Waals surface area (Å²) < 4.78 is 16.5. The maximum Gasteiger partial charge on any atom is 0.306 e. The van der Waals surface area contributed by atoms with E-state index in [9.17, 15) is 24.9 Å². The molecule has 0 radical (unpaired) electrons. The van der Waals surface area contributed by atoms with Crippen molar-refractivity contribution in [3.63, 3.8) is 0 Å². The molecule has 2 aromatic carbocycles. The molecule has 2 heterocycles. The molecule has 2 atom stereocenters. The maximum atomic E-state index is 12.6. The Kier molecular flexibility index (Phi) is 7.92. The molecule has 0 fully saturated rings. The van der Waals surface area contributed by atoms with Crippen molar-refractivity contribution in [2.75, 3.05) is 13.7 Å². The van der Waals surface area contributed by atoms with E-state index in [0.29, 0.717) is 34.7 Å². The van der Waals surface area contributed by atoms with Crippen LogP contribution in [0.2, 0.25) is 0 Å². The quantitative estimate of drug-likeness (QED) is 0.198. The number of carbonyl (C=O) groups is 2. The van der Waals surface area contributed by atoms with Crippen LogP contribution in [0.1, 0.15) is 76.2 Å². The second-order valence-electron chi connectivity index (χ2n) is 9.65. The molecule has 1 aromatic heterocycles. The Labute approximate surface area is 226 Å². The van der Waals surface area contributed by atoms with Gasteiger partial charge in [-0.3, -0.25) is 14.6 Å². The van der Waals surface area contributed by atoms with Gasteiger partial charge in [0.1, 0.15) is 35.7 Å². The number of hydrogen-bond donors (Lipinski definition) is 3. The van der Waals surface area contributed by atoms with Gasteiger partial charge in [-0.05, 0) is 50.1 Å². The third kappa shape index (κ3) is 5.44. The second kappa shape index (κ2) is 11.2. The first-order valence-corrected chi connectivity index (χ1v) is 12.4. The molecule has 204 valence electrons. The largest absolute Gasteiger partial charge is 0.507 e. The van der Waals surface area contributed by atoms with Gasteiger partial charge in [-0.2, -0.15) is 0 Å². The number of phenols is 2. The number of fused-ring (bicyclic) bond motifs is 1. The fourth-order valence-corrected chi connectivity index (χ4v) is 4.70. The van der Waals surface area contributed by atoms with Crippen LogP contribution in [-0.2, 0) is 20.9 Å². The molecule has 9 nitrogen and oxygen atoms in total. The van der Waals surface area contributed by atoms with Crippen molar-refractivity contribution in [3.8, 4) is 23.0 Å². The molecule has 3 aromatic rings. The van der Waals surface area contributed by atoms with E-state index in [1.807, 2.05) is 6.92 Å². The van der Waals surface area contributed by atoms with Gasteiger partial charge in [0.05, 0.1) is 31.4 Å². The van der Waals surface area contributed by atoms with Gasteiger partial charge in [0.15, 0.2) is 5.78 Å². The van der Waals surface area contributed by atoms with Crippen LogP contribution in [0.15, 0.2) is 48.7 Å². The Hall–Kier alpha value is -4.37. The average molecular weight is 534 g/mol. The number of methoxy groups -OCH3 is 1. The van der Waals surface area contributed by atoms with Gasteiger partial charge in [0, 0.05) is 34.4 Å². The minimum absolute atomic E-state index is 0.0268. The first kappa shape index (κ1) is 27.7. The standard InChI is InChI=1S/C30H31NO8/c1-15(2)13-38-20-8-6-18(7-9-20)22(11-24(33)37-5)26-28(35)21(17(4)32)10-23(29(26)36)30-25-19(14-39-30)12-31-16(3)27(25)34/h6-10,12,22,30,34-36H,1,11,13-14H2,2-5H3/t22-,30-/m1/s1. The Morgan fingerprint density at radius 2 is 1.82 bits per heavy atom. The van der Waals surface area contributed by atoms with Gasteiger partial charge in [0.2, 0.25) is 0 Å². The SMILES string of the molecule is C=C(C)COc1ccc([C@@H](CC(=O)OC)c2c(O)c(C(C)=O)cc([C@H]3OCc4cnc(C)c(O)c43)c2O)cc1. The third-order valence-corrected chi connectivity index (χ3v) is 6.74. The molecule has 0 bridgehead atoms. The molecule has 0 spiro atoms. The smallest absolute Gasteiger partial charge is 0.306 e. The van der Waals surface area contributed by atoms with Gasteiger partial charge >= 0.3 is 5.97 Å². The van der Waals surface area contributed by atoms with E-state index in [-0.39, 0.29) is 41.2 Å². The lowest BCUT2D eigenvalue weighted by atomic mass is 9.83. The van der Waals surface area contributed by atoms with Crippen LogP contribution in [0, 0.1) is 6.92 Å². The predicted molar refractivity (Wildman–Crippen MR) is 142 cm³/mol. The van der Waals surface area contributed by atoms with Gasteiger partial charge < -0.3 is 29.5 Å². The Bertz CT molecular complexity index is 1440. The Morgan fingerprint density at radius 3 is 2.44 bits per heavy atom. The normalized spacial score (nSPS) is 14.9. The number of rotatable bonds is 9. The number of pyridine rings is 1. The van der Waals surface area contributed by atoms with Gasteiger partial charge in [-0.25, -0.2) is 0 Å². The molecule has 1 aliphatic heterocycles. The summed E-state index contributed by atoms with van der Waals surface area (Å²) in [4.78, 5) is 29.3. The molecule has 9 heteroatoms. The molecule has 0 unspecified atom stereocenters. The molecule has 0 saturated heterocycles. The number of aromatic nitrogens is 1. The number of hydrogen-bond acceptors (Lipinski definition) is 9. The van der Waals surface area contributed by atoms with Crippen molar-refractivity contribution in [1.82, 2.24) is 4.98 Å². The van der Waals surface area contributed by atoms with Crippen LogP contribution >= 0.6 is 0 Å². The van der Waals surface area contributed by atoms with E-state index < -0.39 is 29.5 Å². The molecule has 4 rings (SSSR count). The summed E-state index contributed by atoms with van der Waals surface area (Å²) in [7, 11) is 1.24. The van der Waals surface area contributed by atoms with E-state index in [0.717, 1.165) is 5.57 Å². The van der Waals surface area contributed by atoms with E-state index >= 15 is 0 Å². The molecule has 0 aliphatic carbocycles. The lowest BCUT2D eigenvalue weighted by Gasteiger charge is -2.24. The fourth-order valence-electron chi connectivity index (χ4n) is 4.70. The van der Waals surface area contributed by atoms with E-state index in [2.05, 4.69) is 11.6 Å². The highest BCUT2D eigenvalue weighted by Crippen LogP contribution is 2.50. The van der Waals surface area contributed by atoms with Crippen LogP contribution in [0.4, 0.5) is 0 Å². The van der Waals surface area contributed by atoms with Crippen molar-refractivity contribution in [2.24, 2.45) is 0 Å². The summed E-state index contributed by atoms with van der Waals surface area (Å²) in [6.45, 7) is 9.05. The molecule has 3 N–H and O–H groups in total. The summed E-state index contributed by atoms with van der Waals surface area (Å²) in [5.74, 6) is -2.25. The number of ether oxygens (including phenoxy) is 3. The summed E-state index contributed by atoms with van der Waals surface area (Å²) in [6, 6.07) is 8.19. The molecule has 0 saturated carbocycles. The molecule has 0 amide bonds. The number of Topliss-reactive ketones (excluding diaryl/α,β-unsaturated/α-hetero) is 1. The first-order valence-electron chi connectivity index (χ1n) is 12.4. The van der Waals surface area contributed by atoms with Crippen molar-refractivity contribution in [1.29, 1.82) is 0 Å². The summed E-state index contributed by atoms with van der Waals surface area (Å²) >= 11 is 0. The highest BCUT2D eigenvalue weighted by atomic mass is 16.5. The van der Waals surface area contributed by atoms with E-state index in [1.54, 1.807) is 37.4 Å². The van der Waals surface area contributed by atoms with E-state index in [4.69, 9.17) is 14.2 Å². The summed E-state index contributed by atoms with van der Waals surface area (Å²) in [5, 5.41) is 33.6. The number of nitrogens with zero attached hydrogens (tertiary/aromatic N) is 1. The van der Waals surface area contributed by atoms with Gasteiger partial charge in [-0.15, -0.1) is 0 Å². The number of benzene rings is 2. The fraction of sp³-hybridized carbons (Fsp3) is 0.300. The average Bonchev–Trinajstić information content (AvgIpc) is 3.33. The second-order valence-corrected chi connectivity index (χ2v) is 9.65. The van der Waals surface area contributed by atoms with E-state index in [1.165, 1.54) is 20.1 Å². The van der Waals surface area contributed by atoms with Crippen molar-refractivity contribution < 1.29 is 39.1 Å². The topological polar surface area (TPSA) is 135 Å². The zero-order chi connectivity index (χ0) is 28.4. The molecular formula is C30H31NO8. The summed E-state index contributed by atoms with van der Waals surface area (Å²) in [5.41, 5.74) is 2.94. The van der Waals surface area contributed by atoms with Gasteiger partial charge in [-0.1, -0.05) is 18.7 Å². The Morgan fingerprint density at radius 1 is 1.13 bits per heavy atom. The van der Waals surface area contributed by atoms with Crippen LogP contribution < -0.4 is 4.74 Å². The first-order chi connectivity index (χ1) is 18.5.